The first-order chi connectivity index (χ1) is 10.3. The van der Waals surface area contributed by atoms with Gasteiger partial charge in [0.05, 0.1) is 5.52 Å². The number of rotatable bonds is 4. The molecule has 21 heavy (non-hydrogen) atoms. The summed E-state index contributed by atoms with van der Waals surface area (Å²) < 4.78 is 5.93. The van der Waals surface area contributed by atoms with E-state index in [0.29, 0.717) is 6.61 Å². The average molecular weight is 277 g/mol. The molecular formula is C19H19NO. The predicted molar refractivity (Wildman–Crippen MR) is 86.6 cm³/mol. The van der Waals surface area contributed by atoms with Crippen LogP contribution in [0.15, 0.2) is 54.6 Å². The second kappa shape index (κ2) is 5.96. The third-order valence-electron chi connectivity index (χ3n) is 3.66. The third kappa shape index (κ3) is 3.05. The molecular weight excluding hydrogens is 258 g/mol. The highest BCUT2D eigenvalue weighted by Crippen LogP contribution is 2.21. The van der Waals surface area contributed by atoms with Gasteiger partial charge in [-0.25, -0.2) is 0 Å². The number of pyridine rings is 1. The summed E-state index contributed by atoms with van der Waals surface area (Å²) in [6, 6.07) is 18.6. The van der Waals surface area contributed by atoms with Crippen LogP contribution < -0.4 is 4.74 Å². The van der Waals surface area contributed by atoms with E-state index in [0.717, 1.165) is 28.8 Å². The Kier molecular flexibility index (Phi) is 3.87. The van der Waals surface area contributed by atoms with E-state index in [9.17, 15) is 0 Å². The number of aryl methyl sites for hydroxylation is 2. The van der Waals surface area contributed by atoms with Crippen molar-refractivity contribution in [2.45, 2.75) is 26.9 Å². The average Bonchev–Trinajstić information content (AvgIpc) is 2.53. The van der Waals surface area contributed by atoms with Gasteiger partial charge >= 0.3 is 0 Å². The third-order valence-corrected chi connectivity index (χ3v) is 3.66. The van der Waals surface area contributed by atoms with E-state index in [1.807, 2.05) is 37.3 Å². The first kappa shape index (κ1) is 13.6. The molecule has 0 unspecified atom stereocenters. The van der Waals surface area contributed by atoms with E-state index in [-0.39, 0.29) is 0 Å². The van der Waals surface area contributed by atoms with E-state index in [1.165, 1.54) is 11.1 Å². The fraction of sp³-hybridized carbons (Fsp3) is 0.211. The van der Waals surface area contributed by atoms with Crippen molar-refractivity contribution in [3.05, 3.63) is 71.4 Å². The van der Waals surface area contributed by atoms with Crippen LogP contribution >= 0.6 is 0 Å². The molecule has 0 radical (unpaired) electrons. The zero-order valence-corrected chi connectivity index (χ0v) is 12.5. The summed E-state index contributed by atoms with van der Waals surface area (Å²) in [5.41, 5.74) is 4.55. The minimum Gasteiger partial charge on any atom is -0.489 e. The van der Waals surface area contributed by atoms with E-state index in [2.05, 4.69) is 36.2 Å². The molecule has 3 aromatic rings. The molecule has 0 aliphatic heterocycles. The van der Waals surface area contributed by atoms with Gasteiger partial charge < -0.3 is 4.74 Å². The van der Waals surface area contributed by atoms with Gasteiger partial charge in [-0.2, -0.15) is 0 Å². The lowest BCUT2D eigenvalue weighted by molar-refractivity contribution is 0.307. The molecule has 3 rings (SSSR count). The SMILES string of the molecule is CCc1ccc(OCc2cc(C)nc3ccccc23)cc1. The lowest BCUT2D eigenvalue weighted by atomic mass is 10.1. The van der Waals surface area contributed by atoms with Gasteiger partial charge in [0.2, 0.25) is 0 Å². The van der Waals surface area contributed by atoms with Gasteiger partial charge in [0.1, 0.15) is 12.4 Å². The van der Waals surface area contributed by atoms with Crippen LogP contribution in [0, 0.1) is 6.92 Å². The topological polar surface area (TPSA) is 22.1 Å². The van der Waals surface area contributed by atoms with Crippen molar-refractivity contribution in [1.29, 1.82) is 0 Å². The fourth-order valence-electron chi connectivity index (χ4n) is 2.50. The Morgan fingerprint density at radius 3 is 2.52 bits per heavy atom. The summed E-state index contributed by atoms with van der Waals surface area (Å²) in [5, 5.41) is 1.16. The second-order valence-corrected chi connectivity index (χ2v) is 5.23. The molecule has 0 fully saturated rings. The molecule has 106 valence electrons. The monoisotopic (exact) mass is 277 g/mol. The van der Waals surface area contributed by atoms with E-state index < -0.39 is 0 Å². The highest BCUT2D eigenvalue weighted by atomic mass is 16.5. The smallest absolute Gasteiger partial charge is 0.119 e. The lowest BCUT2D eigenvalue weighted by Gasteiger charge is -2.10. The summed E-state index contributed by atoms with van der Waals surface area (Å²) in [4.78, 5) is 4.56. The van der Waals surface area contributed by atoms with Crippen LogP contribution in [0.4, 0.5) is 0 Å². The van der Waals surface area contributed by atoms with Crippen molar-refractivity contribution in [3.63, 3.8) is 0 Å². The molecule has 2 heteroatoms. The largest absolute Gasteiger partial charge is 0.489 e. The molecule has 0 N–H and O–H groups in total. The number of hydrogen-bond donors (Lipinski definition) is 0. The summed E-state index contributed by atoms with van der Waals surface area (Å²) in [5.74, 6) is 0.908. The summed E-state index contributed by atoms with van der Waals surface area (Å²) in [7, 11) is 0. The van der Waals surface area contributed by atoms with Crippen molar-refractivity contribution < 1.29 is 4.74 Å². The van der Waals surface area contributed by atoms with E-state index >= 15 is 0 Å². The Bertz CT molecular complexity index is 747. The summed E-state index contributed by atoms with van der Waals surface area (Å²) in [6.07, 6.45) is 1.05. The van der Waals surface area contributed by atoms with Crippen molar-refractivity contribution in [2.24, 2.45) is 0 Å². The Hall–Kier alpha value is -2.35. The number of fused-ring (bicyclic) bond motifs is 1. The number of benzene rings is 2. The van der Waals surface area contributed by atoms with Crippen molar-refractivity contribution in [1.82, 2.24) is 4.98 Å². The molecule has 2 aromatic carbocycles. The van der Waals surface area contributed by atoms with Gasteiger partial charge in [0, 0.05) is 16.6 Å². The molecule has 0 aliphatic rings. The number of nitrogens with zero attached hydrogens (tertiary/aromatic N) is 1. The van der Waals surface area contributed by atoms with Crippen molar-refractivity contribution in [2.75, 3.05) is 0 Å². The second-order valence-electron chi connectivity index (χ2n) is 5.23. The molecule has 0 spiro atoms. The molecule has 0 bridgehead atoms. The first-order valence-corrected chi connectivity index (χ1v) is 7.33. The Morgan fingerprint density at radius 1 is 1.00 bits per heavy atom. The van der Waals surface area contributed by atoms with Gasteiger partial charge in [0.15, 0.2) is 0 Å². The maximum absolute atomic E-state index is 5.93. The quantitative estimate of drug-likeness (QED) is 0.690. The maximum Gasteiger partial charge on any atom is 0.119 e. The zero-order chi connectivity index (χ0) is 14.7. The van der Waals surface area contributed by atoms with E-state index in [1.54, 1.807) is 0 Å². The predicted octanol–water partition coefficient (Wildman–Crippen LogP) is 4.68. The number of aromatic nitrogens is 1. The maximum atomic E-state index is 5.93. The van der Waals surface area contributed by atoms with Crippen molar-refractivity contribution in [3.8, 4) is 5.75 Å². The molecule has 0 amide bonds. The van der Waals surface area contributed by atoms with Crippen LogP contribution in [-0.2, 0) is 13.0 Å². The highest BCUT2D eigenvalue weighted by Gasteiger charge is 2.04. The van der Waals surface area contributed by atoms with Gasteiger partial charge in [-0.15, -0.1) is 0 Å². The summed E-state index contributed by atoms with van der Waals surface area (Å²) in [6.45, 7) is 4.74. The molecule has 1 aromatic heterocycles. The standard InChI is InChI=1S/C19H19NO/c1-3-15-8-10-17(11-9-15)21-13-16-12-14(2)20-19-7-5-4-6-18(16)19/h4-12H,3,13H2,1-2H3. The summed E-state index contributed by atoms with van der Waals surface area (Å²) >= 11 is 0. The highest BCUT2D eigenvalue weighted by molar-refractivity contribution is 5.82. The Labute approximate surface area is 125 Å². The normalized spacial score (nSPS) is 10.8. The van der Waals surface area contributed by atoms with Crippen LogP contribution in [0.2, 0.25) is 0 Å². The van der Waals surface area contributed by atoms with Crippen LogP contribution in [0.5, 0.6) is 5.75 Å². The minimum absolute atomic E-state index is 0.565. The Morgan fingerprint density at radius 2 is 1.76 bits per heavy atom. The molecule has 0 saturated heterocycles. The molecule has 0 aliphatic carbocycles. The Balaban J connectivity index is 1.84. The number of ether oxygens (including phenoxy) is 1. The minimum atomic E-state index is 0.565. The molecule has 2 nitrogen and oxygen atoms in total. The first-order valence-electron chi connectivity index (χ1n) is 7.33. The van der Waals surface area contributed by atoms with E-state index in [4.69, 9.17) is 4.74 Å². The lowest BCUT2D eigenvalue weighted by Crippen LogP contribution is -1.98. The molecule has 0 saturated carbocycles. The number of hydrogen-bond acceptors (Lipinski definition) is 2. The van der Waals surface area contributed by atoms with Gasteiger partial charge in [0.25, 0.3) is 0 Å². The van der Waals surface area contributed by atoms with Crippen LogP contribution in [0.1, 0.15) is 23.7 Å². The fourth-order valence-corrected chi connectivity index (χ4v) is 2.50. The molecule has 0 atom stereocenters. The van der Waals surface area contributed by atoms with Crippen LogP contribution in [0.25, 0.3) is 10.9 Å². The van der Waals surface area contributed by atoms with Gasteiger partial charge in [-0.1, -0.05) is 37.3 Å². The number of para-hydroxylation sites is 1. The van der Waals surface area contributed by atoms with Crippen LogP contribution in [-0.4, -0.2) is 4.98 Å². The molecule has 1 heterocycles. The van der Waals surface area contributed by atoms with Gasteiger partial charge in [-0.05, 0) is 43.2 Å². The van der Waals surface area contributed by atoms with Gasteiger partial charge in [-0.3, -0.25) is 4.98 Å². The van der Waals surface area contributed by atoms with Crippen molar-refractivity contribution >= 4 is 10.9 Å². The zero-order valence-electron chi connectivity index (χ0n) is 12.5. The van der Waals surface area contributed by atoms with Crippen LogP contribution in [0.3, 0.4) is 0 Å².